The van der Waals surface area contributed by atoms with Gasteiger partial charge in [0.2, 0.25) is 0 Å². The van der Waals surface area contributed by atoms with E-state index in [0.29, 0.717) is 12.1 Å². The van der Waals surface area contributed by atoms with Crippen molar-refractivity contribution in [2.45, 2.75) is 64.5 Å². The van der Waals surface area contributed by atoms with Crippen LogP contribution in [0.2, 0.25) is 0 Å². The summed E-state index contributed by atoms with van der Waals surface area (Å²) < 4.78 is 6.05. The molecular weight excluding hydrogens is 234 g/mol. The summed E-state index contributed by atoms with van der Waals surface area (Å²) in [5.41, 5.74) is 1.34. The average molecular weight is 261 g/mol. The van der Waals surface area contributed by atoms with Crippen LogP contribution in [0.15, 0.2) is 24.3 Å². The predicted octanol–water partition coefficient (Wildman–Crippen LogP) is 4.46. The van der Waals surface area contributed by atoms with Crippen molar-refractivity contribution in [2.24, 2.45) is 0 Å². The Morgan fingerprint density at radius 3 is 2.47 bits per heavy atom. The second-order valence-corrected chi connectivity index (χ2v) is 5.62. The summed E-state index contributed by atoms with van der Waals surface area (Å²) in [4.78, 5) is 0. The van der Waals surface area contributed by atoms with E-state index in [1.807, 2.05) is 0 Å². The number of hydrogen-bond donors (Lipinski definition) is 1. The third-order valence-electron chi connectivity index (χ3n) is 3.94. The molecule has 0 heterocycles. The van der Waals surface area contributed by atoms with Crippen LogP contribution in [-0.2, 0) is 0 Å². The Bertz CT molecular complexity index is 354. The van der Waals surface area contributed by atoms with Crippen molar-refractivity contribution in [3.05, 3.63) is 29.8 Å². The largest absolute Gasteiger partial charge is 0.490 e. The van der Waals surface area contributed by atoms with Gasteiger partial charge in [0.05, 0.1) is 6.10 Å². The van der Waals surface area contributed by atoms with Crippen LogP contribution in [0.3, 0.4) is 0 Å². The zero-order valence-electron chi connectivity index (χ0n) is 12.3. The van der Waals surface area contributed by atoms with Crippen LogP contribution in [0, 0.1) is 0 Å². The lowest BCUT2D eigenvalue weighted by Gasteiger charge is -2.23. The normalized spacial score (nSPS) is 18.2. The number of ether oxygens (including phenoxy) is 1. The van der Waals surface area contributed by atoms with E-state index in [2.05, 4.69) is 43.4 Å². The number of hydrogen-bond acceptors (Lipinski definition) is 2. The Balaban J connectivity index is 1.86. The minimum atomic E-state index is 0.420. The molecule has 1 aromatic carbocycles. The summed E-state index contributed by atoms with van der Waals surface area (Å²) in [5, 5.41) is 3.51. The molecule has 2 rings (SSSR count). The summed E-state index contributed by atoms with van der Waals surface area (Å²) in [6.07, 6.45) is 8.07. The molecule has 0 amide bonds. The maximum Gasteiger partial charge on any atom is 0.119 e. The zero-order valence-corrected chi connectivity index (χ0v) is 12.3. The molecule has 1 atom stereocenters. The third-order valence-corrected chi connectivity index (χ3v) is 3.94. The Hall–Kier alpha value is -1.02. The topological polar surface area (TPSA) is 21.3 Å². The van der Waals surface area contributed by atoms with Gasteiger partial charge in [-0.15, -0.1) is 0 Å². The first kappa shape index (κ1) is 14.4. The highest BCUT2D eigenvalue weighted by Gasteiger charge is 2.14. The summed E-state index contributed by atoms with van der Waals surface area (Å²) in [7, 11) is 0. The molecule has 1 fully saturated rings. The average Bonchev–Trinajstić information content (AvgIpc) is 2.46. The van der Waals surface area contributed by atoms with E-state index in [-0.39, 0.29) is 0 Å². The second kappa shape index (κ2) is 7.54. The van der Waals surface area contributed by atoms with E-state index in [0.717, 1.165) is 12.3 Å². The van der Waals surface area contributed by atoms with Crippen LogP contribution < -0.4 is 10.1 Å². The lowest BCUT2D eigenvalue weighted by atomic mass is 9.98. The van der Waals surface area contributed by atoms with Gasteiger partial charge in [-0.05, 0) is 63.3 Å². The van der Waals surface area contributed by atoms with Crippen molar-refractivity contribution < 1.29 is 4.74 Å². The maximum atomic E-state index is 6.05. The first-order valence-corrected chi connectivity index (χ1v) is 7.79. The smallest absolute Gasteiger partial charge is 0.119 e. The van der Waals surface area contributed by atoms with Crippen LogP contribution in [0.25, 0.3) is 0 Å². The summed E-state index contributed by atoms with van der Waals surface area (Å²) in [6.45, 7) is 5.48. The predicted molar refractivity (Wildman–Crippen MR) is 80.7 cm³/mol. The van der Waals surface area contributed by atoms with Crippen LogP contribution in [0.4, 0.5) is 0 Å². The highest BCUT2D eigenvalue weighted by molar-refractivity contribution is 5.29. The van der Waals surface area contributed by atoms with Crippen molar-refractivity contribution in [2.75, 3.05) is 6.54 Å². The fourth-order valence-corrected chi connectivity index (χ4v) is 2.69. The molecule has 1 unspecified atom stereocenters. The highest BCUT2D eigenvalue weighted by atomic mass is 16.5. The molecule has 1 aliphatic rings. The van der Waals surface area contributed by atoms with Crippen LogP contribution in [-0.4, -0.2) is 12.6 Å². The molecule has 1 N–H and O–H groups in total. The molecule has 1 saturated carbocycles. The first-order valence-electron chi connectivity index (χ1n) is 7.79. The third kappa shape index (κ3) is 4.54. The molecule has 2 heteroatoms. The van der Waals surface area contributed by atoms with Crippen molar-refractivity contribution >= 4 is 0 Å². The van der Waals surface area contributed by atoms with E-state index < -0.39 is 0 Å². The van der Waals surface area contributed by atoms with Gasteiger partial charge in [-0.2, -0.15) is 0 Å². The molecule has 106 valence electrons. The lowest BCUT2D eigenvalue weighted by Crippen LogP contribution is -2.20. The first-order chi connectivity index (χ1) is 9.29. The van der Waals surface area contributed by atoms with Crippen LogP contribution >= 0.6 is 0 Å². The molecule has 0 aromatic heterocycles. The van der Waals surface area contributed by atoms with E-state index >= 15 is 0 Å². The Labute approximate surface area is 117 Å². The fraction of sp³-hybridized carbons (Fsp3) is 0.647. The molecular formula is C17H27NO. The van der Waals surface area contributed by atoms with Crippen LogP contribution in [0.5, 0.6) is 5.75 Å². The summed E-state index contributed by atoms with van der Waals surface area (Å²) >= 11 is 0. The minimum Gasteiger partial charge on any atom is -0.490 e. The molecule has 1 aromatic rings. The summed E-state index contributed by atoms with van der Waals surface area (Å²) in [5.74, 6) is 1.03. The molecule has 0 spiro atoms. The van der Waals surface area contributed by atoms with E-state index in [9.17, 15) is 0 Å². The number of nitrogens with one attached hydrogen (secondary N) is 1. The van der Waals surface area contributed by atoms with Gasteiger partial charge in [-0.1, -0.05) is 25.5 Å². The highest BCUT2D eigenvalue weighted by Crippen LogP contribution is 2.24. The van der Waals surface area contributed by atoms with Gasteiger partial charge < -0.3 is 10.1 Å². The van der Waals surface area contributed by atoms with E-state index in [4.69, 9.17) is 4.74 Å². The van der Waals surface area contributed by atoms with Crippen molar-refractivity contribution in [1.82, 2.24) is 5.32 Å². The molecule has 1 aliphatic carbocycles. The Morgan fingerprint density at radius 1 is 1.16 bits per heavy atom. The van der Waals surface area contributed by atoms with Gasteiger partial charge in [0, 0.05) is 6.04 Å². The van der Waals surface area contributed by atoms with E-state index in [1.54, 1.807) is 0 Å². The monoisotopic (exact) mass is 261 g/mol. The van der Waals surface area contributed by atoms with Gasteiger partial charge in [0.1, 0.15) is 5.75 Å². The van der Waals surface area contributed by atoms with Gasteiger partial charge in [-0.25, -0.2) is 0 Å². The van der Waals surface area contributed by atoms with Gasteiger partial charge >= 0.3 is 0 Å². The van der Waals surface area contributed by atoms with Gasteiger partial charge in [0.15, 0.2) is 0 Å². The molecule has 19 heavy (non-hydrogen) atoms. The van der Waals surface area contributed by atoms with Crippen molar-refractivity contribution in [1.29, 1.82) is 0 Å². The SMILES string of the molecule is CCCNC(C)c1ccc(OC2CCCCC2)cc1. The molecule has 0 radical (unpaired) electrons. The molecule has 0 saturated heterocycles. The van der Waals surface area contributed by atoms with Crippen LogP contribution in [0.1, 0.15) is 64.0 Å². The zero-order chi connectivity index (χ0) is 13.5. The standard InChI is InChI=1S/C17H27NO/c1-3-13-18-14(2)15-9-11-17(12-10-15)19-16-7-5-4-6-8-16/h9-12,14,16,18H,3-8,13H2,1-2H3. The quantitative estimate of drug-likeness (QED) is 0.816. The number of rotatable bonds is 6. The van der Waals surface area contributed by atoms with Crippen molar-refractivity contribution in [3.63, 3.8) is 0 Å². The fourth-order valence-electron chi connectivity index (χ4n) is 2.69. The van der Waals surface area contributed by atoms with Crippen molar-refractivity contribution in [3.8, 4) is 5.75 Å². The molecule has 2 nitrogen and oxygen atoms in total. The van der Waals surface area contributed by atoms with Gasteiger partial charge in [-0.3, -0.25) is 0 Å². The molecule has 0 aliphatic heterocycles. The Kier molecular flexibility index (Phi) is 5.71. The maximum absolute atomic E-state index is 6.05. The lowest BCUT2D eigenvalue weighted by molar-refractivity contribution is 0.155. The molecule has 0 bridgehead atoms. The minimum absolute atomic E-state index is 0.420. The summed E-state index contributed by atoms with van der Waals surface area (Å²) in [6, 6.07) is 9.03. The van der Waals surface area contributed by atoms with Gasteiger partial charge in [0.25, 0.3) is 0 Å². The number of benzene rings is 1. The Morgan fingerprint density at radius 2 is 1.84 bits per heavy atom. The van der Waals surface area contributed by atoms with E-state index in [1.165, 1.54) is 44.1 Å². The second-order valence-electron chi connectivity index (χ2n) is 5.62.